The second-order valence-electron chi connectivity index (χ2n) is 9.38. The molecule has 1 fully saturated rings. The van der Waals surface area contributed by atoms with Crippen LogP contribution in [0, 0.1) is 5.82 Å². The van der Waals surface area contributed by atoms with Crippen molar-refractivity contribution in [3.8, 4) is 5.75 Å². The molecule has 1 aromatic carbocycles. The highest BCUT2D eigenvalue weighted by molar-refractivity contribution is 5.85. The number of halogens is 2. The van der Waals surface area contributed by atoms with Gasteiger partial charge in [-0.2, -0.15) is 0 Å². The van der Waals surface area contributed by atoms with Gasteiger partial charge in [0.2, 0.25) is 0 Å². The number of nitrogens with zero attached hydrogens (tertiary/aromatic N) is 3. The molecule has 3 aromatic rings. The van der Waals surface area contributed by atoms with E-state index in [0.717, 1.165) is 31.7 Å². The molecular weight excluding hydrogens is 459 g/mol. The van der Waals surface area contributed by atoms with E-state index in [-0.39, 0.29) is 35.7 Å². The van der Waals surface area contributed by atoms with E-state index < -0.39 is 6.10 Å². The zero-order valence-electron chi connectivity index (χ0n) is 18.7. The number of hydrogen-bond donors (Lipinski definition) is 2. The Bertz CT molecular complexity index is 1280. The van der Waals surface area contributed by atoms with Crippen molar-refractivity contribution in [3.05, 3.63) is 69.4 Å². The zero-order valence-corrected chi connectivity index (χ0v) is 19.6. The zero-order chi connectivity index (χ0) is 22.5. The Morgan fingerprint density at radius 1 is 1.24 bits per heavy atom. The quantitative estimate of drug-likeness (QED) is 0.575. The normalized spacial score (nSPS) is 23.5. The first-order valence-corrected chi connectivity index (χ1v) is 11.6. The van der Waals surface area contributed by atoms with Gasteiger partial charge in [-0.1, -0.05) is 12.1 Å². The van der Waals surface area contributed by atoms with Gasteiger partial charge in [-0.05, 0) is 36.2 Å². The van der Waals surface area contributed by atoms with Crippen LogP contribution in [0.25, 0.3) is 11.0 Å². The van der Waals surface area contributed by atoms with Crippen LogP contribution in [-0.4, -0.2) is 57.9 Å². The number of benzene rings is 1. The topological polar surface area (TPSA) is 79.6 Å². The molecule has 2 N–H and O–H groups in total. The molecule has 0 radical (unpaired) electrons. The summed E-state index contributed by atoms with van der Waals surface area (Å²) in [6.45, 7) is 3.84. The molecule has 180 valence electrons. The number of aliphatic hydroxyl groups is 1. The van der Waals surface area contributed by atoms with E-state index in [4.69, 9.17) is 4.74 Å². The van der Waals surface area contributed by atoms with Crippen LogP contribution in [0.2, 0.25) is 0 Å². The molecule has 0 bridgehead atoms. The van der Waals surface area contributed by atoms with Crippen molar-refractivity contribution in [1.82, 2.24) is 19.8 Å². The third-order valence-electron chi connectivity index (χ3n) is 7.27. The summed E-state index contributed by atoms with van der Waals surface area (Å²) in [4.78, 5) is 18.7. The van der Waals surface area contributed by atoms with E-state index in [1.165, 1.54) is 23.4 Å². The number of likely N-dealkylation sites (tertiary alicyclic amines) is 1. The average Bonchev–Trinajstić information content (AvgIpc) is 3.43. The lowest BCUT2D eigenvalue weighted by atomic mass is 9.96. The molecule has 9 heteroatoms. The van der Waals surface area contributed by atoms with E-state index in [2.05, 4.69) is 27.3 Å². The highest BCUT2D eigenvalue weighted by atomic mass is 35.5. The fourth-order valence-electron chi connectivity index (χ4n) is 5.61. The first kappa shape index (κ1) is 23.2. The summed E-state index contributed by atoms with van der Waals surface area (Å²) < 4.78 is 21.9. The molecule has 7 nitrogen and oxygen atoms in total. The van der Waals surface area contributed by atoms with Gasteiger partial charge in [0.15, 0.2) is 0 Å². The highest BCUT2D eigenvalue weighted by Gasteiger charge is 2.33. The Kier molecular flexibility index (Phi) is 6.33. The smallest absolute Gasteiger partial charge is 0.251 e. The molecule has 0 saturated carbocycles. The number of nitrogens with one attached hydrogen (secondary N) is 1. The van der Waals surface area contributed by atoms with Crippen molar-refractivity contribution >= 4 is 23.4 Å². The van der Waals surface area contributed by atoms with Crippen LogP contribution in [0.15, 0.2) is 41.3 Å². The third-order valence-corrected chi connectivity index (χ3v) is 7.27. The van der Waals surface area contributed by atoms with Crippen LogP contribution in [0.4, 0.5) is 4.39 Å². The summed E-state index contributed by atoms with van der Waals surface area (Å²) in [5.41, 5.74) is 4.16. The van der Waals surface area contributed by atoms with Crippen LogP contribution < -0.4 is 15.6 Å². The minimum atomic E-state index is -0.509. The van der Waals surface area contributed by atoms with Gasteiger partial charge in [0.05, 0.1) is 29.9 Å². The van der Waals surface area contributed by atoms with Crippen LogP contribution in [0.3, 0.4) is 0 Å². The van der Waals surface area contributed by atoms with Gasteiger partial charge in [0.1, 0.15) is 11.6 Å². The molecule has 1 unspecified atom stereocenters. The second-order valence-corrected chi connectivity index (χ2v) is 9.38. The lowest BCUT2D eigenvalue weighted by Crippen LogP contribution is -2.53. The standard InChI is InChI=1S/C25H27FN4O3.ClH/c26-18-11-28-20-2-4-23(32)30-13-17(24(18)25(20)30)12-29-7-5-19(21(31)14-29)27-10-15-1-3-22-16(9-15)6-8-33-22;/h1-4,9,11,17,19,21,27,31H,5-8,10,12-14H2;1H/t17?,19-,21+;/m0./s1. The fourth-order valence-corrected chi connectivity index (χ4v) is 5.61. The summed E-state index contributed by atoms with van der Waals surface area (Å²) in [5, 5.41) is 14.3. The van der Waals surface area contributed by atoms with Gasteiger partial charge in [0, 0.05) is 56.2 Å². The number of ether oxygens (including phenoxy) is 1. The van der Waals surface area contributed by atoms with Gasteiger partial charge in [-0.3, -0.25) is 14.7 Å². The SMILES string of the molecule is Cl.O=c1ccc2ncc(F)c3c2n1CC3CN1CC[C@H](NCc2ccc3c(c2)CCO3)[C@H](O)C1. The van der Waals surface area contributed by atoms with Crippen LogP contribution >= 0.6 is 12.4 Å². The van der Waals surface area contributed by atoms with Crippen molar-refractivity contribution in [1.29, 1.82) is 0 Å². The molecule has 6 rings (SSSR count). The number of aliphatic hydroxyl groups excluding tert-OH is 1. The molecule has 0 spiro atoms. The summed E-state index contributed by atoms with van der Waals surface area (Å²) in [6.07, 6.45) is 2.50. The lowest BCUT2D eigenvalue weighted by molar-refractivity contribution is 0.0368. The lowest BCUT2D eigenvalue weighted by Gasteiger charge is -2.37. The van der Waals surface area contributed by atoms with E-state index in [1.54, 1.807) is 10.6 Å². The maximum Gasteiger partial charge on any atom is 0.251 e. The minimum absolute atomic E-state index is 0. The number of β-amino-alcohol motifs (C(OH)–C–C–N with tert-alkyl or cyclic N) is 1. The molecule has 2 aromatic heterocycles. The minimum Gasteiger partial charge on any atom is -0.493 e. The molecule has 1 saturated heterocycles. The summed E-state index contributed by atoms with van der Waals surface area (Å²) in [6, 6.07) is 9.45. The maximum atomic E-state index is 14.7. The van der Waals surface area contributed by atoms with Gasteiger partial charge < -0.3 is 19.7 Å². The van der Waals surface area contributed by atoms with Crippen molar-refractivity contribution in [2.24, 2.45) is 0 Å². The Hall–Kier alpha value is -2.52. The maximum absolute atomic E-state index is 14.7. The van der Waals surface area contributed by atoms with E-state index in [9.17, 15) is 14.3 Å². The van der Waals surface area contributed by atoms with Crippen molar-refractivity contribution in [2.45, 2.75) is 44.0 Å². The Labute approximate surface area is 203 Å². The second kappa shape index (κ2) is 9.26. The van der Waals surface area contributed by atoms with E-state index in [1.807, 2.05) is 6.07 Å². The molecule has 34 heavy (non-hydrogen) atoms. The van der Waals surface area contributed by atoms with Crippen molar-refractivity contribution in [2.75, 3.05) is 26.2 Å². The average molecular weight is 487 g/mol. The first-order valence-electron chi connectivity index (χ1n) is 11.6. The predicted octanol–water partition coefficient (Wildman–Crippen LogP) is 2.21. The number of hydrogen-bond acceptors (Lipinski definition) is 6. The highest BCUT2D eigenvalue weighted by Crippen LogP contribution is 2.34. The molecule has 3 aliphatic rings. The Morgan fingerprint density at radius 3 is 2.97 bits per heavy atom. The third kappa shape index (κ3) is 4.09. The molecule has 3 aliphatic heterocycles. The van der Waals surface area contributed by atoms with E-state index in [0.29, 0.717) is 42.8 Å². The number of piperidine rings is 1. The van der Waals surface area contributed by atoms with Crippen molar-refractivity contribution in [3.63, 3.8) is 0 Å². The molecule has 0 amide bonds. The monoisotopic (exact) mass is 486 g/mol. The summed E-state index contributed by atoms with van der Waals surface area (Å²) in [5.74, 6) is 0.489. The number of pyridine rings is 2. The van der Waals surface area contributed by atoms with Crippen molar-refractivity contribution < 1.29 is 14.2 Å². The van der Waals surface area contributed by atoms with Gasteiger partial charge in [-0.25, -0.2) is 4.39 Å². The Balaban J connectivity index is 0.00000241. The first-order chi connectivity index (χ1) is 16.1. The molecule has 3 atom stereocenters. The van der Waals surface area contributed by atoms with Gasteiger partial charge in [0.25, 0.3) is 5.56 Å². The van der Waals surface area contributed by atoms with E-state index >= 15 is 0 Å². The summed E-state index contributed by atoms with van der Waals surface area (Å²) >= 11 is 0. The number of rotatable bonds is 5. The summed E-state index contributed by atoms with van der Waals surface area (Å²) in [7, 11) is 0. The largest absolute Gasteiger partial charge is 0.493 e. The Morgan fingerprint density at radius 2 is 2.12 bits per heavy atom. The number of fused-ring (bicyclic) bond motifs is 1. The molecule has 0 aliphatic carbocycles. The number of aromatic nitrogens is 2. The fraction of sp³-hybridized carbons (Fsp3) is 0.440. The van der Waals surface area contributed by atoms with Crippen LogP contribution in [-0.2, 0) is 19.5 Å². The van der Waals surface area contributed by atoms with Gasteiger partial charge >= 0.3 is 0 Å². The van der Waals surface area contributed by atoms with Gasteiger partial charge in [-0.15, -0.1) is 12.4 Å². The predicted molar refractivity (Wildman–Crippen MR) is 129 cm³/mol. The molecular formula is C25H28ClFN4O3. The van der Waals surface area contributed by atoms with Crippen LogP contribution in [0.1, 0.15) is 29.0 Å². The molecule has 5 heterocycles. The van der Waals surface area contributed by atoms with Crippen LogP contribution in [0.5, 0.6) is 5.75 Å².